The molecule has 196 valence electrons. The molecule has 0 spiro atoms. The maximum Gasteiger partial charge on any atom is 0.248 e. The van der Waals surface area contributed by atoms with Crippen LogP contribution in [0.4, 0.5) is 10.2 Å². The van der Waals surface area contributed by atoms with Gasteiger partial charge in [0, 0.05) is 29.3 Å². The molecule has 0 aliphatic rings. The van der Waals surface area contributed by atoms with E-state index in [0.29, 0.717) is 23.0 Å². The number of benzene rings is 2. The molecule has 3 N–H and O–H groups in total. The average molecular weight is 516 g/mol. The van der Waals surface area contributed by atoms with Crippen LogP contribution >= 0.6 is 0 Å². The lowest BCUT2D eigenvalue weighted by Gasteiger charge is -2.23. The molecule has 4 rings (SSSR count). The molecule has 0 aliphatic carbocycles. The van der Waals surface area contributed by atoms with E-state index >= 15 is 0 Å². The monoisotopic (exact) mass is 515 g/mol. The zero-order valence-corrected chi connectivity index (χ0v) is 21.7. The summed E-state index contributed by atoms with van der Waals surface area (Å²) in [5.74, 6) is 1.25. The van der Waals surface area contributed by atoms with Crippen molar-refractivity contribution in [2.45, 2.75) is 40.2 Å². The number of carbonyl (C=O) groups excluding carboxylic acids is 2. The zero-order valence-electron chi connectivity index (χ0n) is 21.7. The Morgan fingerprint density at radius 2 is 1.66 bits per heavy atom. The number of halogens is 1. The molecule has 1 atom stereocenters. The van der Waals surface area contributed by atoms with E-state index in [1.165, 1.54) is 12.1 Å². The topological polar surface area (TPSA) is 109 Å². The predicted molar refractivity (Wildman–Crippen MR) is 143 cm³/mol. The second kappa shape index (κ2) is 11.2. The fraction of sp³-hybridized carbons (Fsp3) is 0.241. The summed E-state index contributed by atoms with van der Waals surface area (Å²) in [4.78, 5) is 37.8. The van der Waals surface area contributed by atoms with Gasteiger partial charge in [-0.2, -0.15) is 0 Å². The molecule has 0 aliphatic heterocycles. The lowest BCUT2D eigenvalue weighted by Crippen LogP contribution is -2.49. The third kappa shape index (κ3) is 7.03. The Morgan fingerprint density at radius 3 is 2.26 bits per heavy atom. The maximum atomic E-state index is 13.2. The van der Waals surface area contributed by atoms with E-state index in [0.717, 1.165) is 17.1 Å². The SMILES string of the molecule is Cc1ncc(C[C@H](NC(=O)C(C)(C)C)C(=O)Nc2cccc(-c3ccc(Oc4ccc(F)cc4)cc3)n2)[nH]1. The molecule has 0 saturated heterocycles. The van der Waals surface area contributed by atoms with E-state index < -0.39 is 11.5 Å². The van der Waals surface area contributed by atoms with Gasteiger partial charge in [-0.05, 0) is 67.6 Å². The minimum atomic E-state index is -0.824. The number of aromatic nitrogens is 3. The number of imidazole rings is 1. The molecule has 4 aromatic rings. The number of hydrogen-bond acceptors (Lipinski definition) is 5. The first kappa shape index (κ1) is 26.5. The summed E-state index contributed by atoms with van der Waals surface area (Å²) in [6.07, 6.45) is 1.91. The Hall–Kier alpha value is -4.53. The number of anilines is 1. The molecule has 8 nitrogen and oxygen atoms in total. The van der Waals surface area contributed by atoms with Gasteiger partial charge in [-0.25, -0.2) is 14.4 Å². The molecule has 0 bridgehead atoms. The summed E-state index contributed by atoms with van der Waals surface area (Å²) in [5.41, 5.74) is 1.54. The van der Waals surface area contributed by atoms with Gasteiger partial charge >= 0.3 is 0 Å². The van der Waals surface area contributed by atoms with E-state index in [1.807, 2.05) is 25.1 Å². The number of pyridine rings is 1. The minimum absolute atomic E-state index is 0.237. The van der Waals surface area contributed by atoms with Crippen LogP contribution in [0.5, 0.6) is 11.5 Å². The van der Waals surface area contributed by atoms with Gasteiger partial charge in [0.2, 0.25) is 11.8 Å². The van der Waals surface area contributed by atoms with Crippen LogP contribution in [0.3, 0.4) is 0 Å². The summed E-state index contributed by atoms with van der Waals surface area (Å²) >= 11 is 0. The number of amides is 2. The van der Waals surface area contributed by atoms with Crippen LogP contribution in [0.15, 0.2) is 72.9 Å². The highest BCUT2D eigenvalue weighted by molar-refractivity contribution is 5.97. The van der Waals surface area contributed by atoms with Crippen LogP contribution in [0.2, 0.25) is 0 Å². The number of rotatable bonds is 8. The molecule has 2 amide bonds. The van der Waals surface area contributed by atoms with Crippen LogP contribution in [0.25, 0.3) is 11.3 Å². The van der Waals surface area contributed by atoms with Gasteiger partial charge in [0.15, 0.2) is 0 Å². The highest BCUT2D eigenvalue weighted by Crippen LogP contribution is 2.26. The normalized spacial score (nSPS) is 12.0. The number of H-pyrrole nitrogens is 1. The Kier molecular flexibility index (Phi) is 7.85. The van der Waals surface area contributed by atoms with E-state index in [4.69, 9.17) is 4.74 Å². The highest BCUT2D eigenvalue weighted by atomic mass is 19.1. The predicted octanol–water partition coefficient (Wildman–Crippen LogP) is 5.42. The van der Waals surface area contributed by atoms with Crippen molar-refractivity contribution >= 4 is 17.6 Å². The number of aryl methyl sites for hydroxylation is 1. The highest BCUT2D eigenvalue weighted by Gasteiger charge is 2.28. The molecule has 0 unspecified atom stereocenters. The Balaban J connectivity index is 1.47. The third-order valence-corrected chi connectivity index (χ3v) is 5.68. The molecular formula is C29H30FN5O3. The van der Waals surface area contributed by atoms with Crippen LogP contribution < -0.4 is 15.4 Å². The zero-order chi connectivity index (χ0) is 27.3. The van der Waals surface area contributed by atoms with Crippen molar-refractivity contribution in [2.75, 3.05) is 5.32 Å². The summed E-state index contributed by atoms with van der Waals surface area (Å²) in [7, 11) is 0. The molecule has 38 heavy (non-hydrogen) atoms. The second-order valence-electron chi connectivity index (χ2n) is 9.95. The van der Waals surface area contributed by atoms with E-state index in [9.17, 15) is 14.0 Å². The lowest BCUT2D eigenvalue weighted by molar-refractivity contribution is -0.132. The van der Waals surface area contributed by atoms with Crippen molar-refractivity contribution in [3.05, 3.63) is 90.3 Å². The van der Waals surface area contributed by atoms with Crippen LogP contribution in [-0.2, 0) is 16.0 Å². The van der Waals surface area contributed by atoms with Crippen molar-refractivity contribution in [3.8, 4) is 22.8 Å². The van der Waals surface area contributed by atoms with Crippen LogP contribution in [0.1, 0.15) is 32.3 Å². The van der Waals surface area contributed by atoms with Gasteiger partial charge in [0.05, 0.1) is 5.69 Å². The fourth-order valence-electron chi connectivity index (χ4n) is 3.59. The first-order chi connectivity index (χ1) is 18.1. The number of nitrogens with one attached hydrogen (secondary N) is 3. The van der Waals surface area contributed by atoms with Gasteiger partial charge < -0.3 is 20.4 Å². The van der Waals surface area contributed by atoms with Gasteiger partial charge in [-0.1, -0.05) is 26.8 Å². The van der Waals surface area contributed by atoms with Crippen molar-refractivity contribution in [1.82, 2.24) is 20.3 Å². The van der Waals surface area contributed by atoms with E-state index in [-0.39, 0.29) is 24.1 Å². The van der Waals surface area contributed by atoms with Crippen molar-refractivity contribution in [1.29, 1.82) is 0 Å². The number of hydrogen-bond donors (Lipinski definition) is 3. The molecule has 2 heterocycles. The second-order valence-corrected chi connectivity index (χ2v) is 9.95. The summed E-state index contributed by atoms with van der Waals surface area (Å²) in [6.45, 7) is 7.19. The maximum absolute atomic E-state index is 13.2. The summed E-state index contributed by atoms with van der Waals surface area (Å²) in [5, 5.41) is 5.68. The number of aromatic amines is 1. The Bertz CT molecular complexity index is 1410. The number of nitrogens with zero attached hydrogens (tertiary/aromatic N) is 2. The molecule has 0 radical (unpaired) electrons. The molecule has 2 aromatic carbocycles. The Morgan fingerprint density at radius 1 is 1.00 bits per heavy atom. The Labute approximate surface area is 220 Å². The fourth-order valence-corrected chi connectivity index (χ4v) is 3.59. The summed E-state index contributed by atoms with van der Waals surface area (Å²) < 4.78 is 18.9. The molecule has 0 fully saturated rings. The average Bonchev–Trinajstić information content (AvgIpc) is 3.29. The minimum Gasteiger partial charge on any atom is -0.457 e. The molecule has 0 saturated carbocycles. The summed E-state index contributed by atoms with van der Waals surface area (Å²) in [6, 6.07) is 17.5. The van der Waals surface area contributed by atoms with Gasteiger partial charge in [0.25, 0.3) is 0 Å². The van der Waals surface area contributed by atoms with Crippen molar-refractivity contribution < 1.29 is 18.7 Å². The van der Waals surface area contributed by atoms with E-state index in [1.54, 1.807) is 63.4 Å². The van der Waals surface area contributed by atoms with Crippen LogP contribution in [0, 0.1) is 18.2 Å². The largest absolute Gasteiger partial charge is 0.457 e. The van der Waals surface area contributed by atoms with Crippen molar-refractivity contribution in [3.63, 3.8) is 0 Å². The lowest BCUT2D eigenvalue weighted by atomic mass is 9.95. The number of ether oxygens (including phenoxy) is 1. The smallest absolute Gasteiger partial charge is 0.248 e. The number of carbonyl (C=O) groups is 2. The van der Waals surface area contributed by atoms with E-state index in [2.05, 4.69) is 25.6 Å². The third-order valence-electron chi connectivity index (χ3n) is 5.68. The molecule has 9 heteroatoms. The molecule has 2 aromatic heterocycles. The van der Waals surface area contributed by atoms with Gasteiger partial charge in [-0.3, -0.25) is 9.59 Å². The standard InChI is InChI=1S/C29H30FN5O3/c1-18-31-17-21(32-18)16-25(34-28(37)29(2,3)4)27(36)35-26-7-5-6-24(33-26)19-8-12-22(13-9-19)38-23-14-10-20(30)11-15-23/h5-15,17,25H,16H2,1-4H3,(H,31,32)(H,34,37)(H,33,35,36)/t25-/m0/s1. The first-order valence-electron chi connectivity index (χ1n) is 12.2. The van der Waals surface area contributed by atoms with Gasteiger partial charge in [0.1, 0.15) is 35.0 Å². The van der Waals surface area contributed by atoms with Gasteiger partial charge in [-0.15, -0.1) is 0 Å². The van der Waals surface area contributed by atoms with Crippen molar-refractivity contribution in [2.24, 2.45) is 5.41 Å². The molecular weight excluding hydrogens is 485 g/mol. The van der Waals surface area contributed by atoms with Crippen LogP contribution in [-0.4, -0.2) is 32.8 Å². The first-order valence-corrected chi connectivity index (χ1v) is 12.2. The quantitative estimate of drug-likeness (QED) is 0.290.